The Morgan fingerprint density at radius 1 is 1.30 bits per heavy atom. The summed E-state index contributed by atoms with van der Waals surface area (Å²) in [4.78, 5) is 26.4. The normalized spacial score (nSPS) is 15.0. The van der Waals surface area contributed by atoms with Crippen LogP contribution in [0.1, 0.15) is 19.3 Å². The van der Waals surface area contributed by atoms with Crippen molar-refractivity contribution in [2.45, 2.75) is 24.4 Å². The Bertz CT molecular complexity index is 465. The predicted molar refractivity (Wildman–Crippen MR) is 78.2 cm³/mol. The van der Waals surface area contributed by atoms with Gasteiger partial charge in [-0.2, -0.15) is 15.0 Å². The first-order chi connectivity index (χ1) is 9.72. The number of piperidine rings is 1. The predicted octanol–water partition coefficient (Wildman–Crippen LogP) is 1.17. The third kappa shape index (κ3) is 3.96. The number of methoxy groups -OCH3 is 1. The van der Waals surface area contributed by atoms with Crippen molar-refractivity contribution in [2.24, 2.45) is 0 Å². The second kappa shape index (κ2) is 7.28. The Labute approximate surface area is 122 Å². The molecule has 0 radical (unpaired) electrons. The topological polar surface area (TPSA) is 80.2 Å². The fraction of sp³-hybridized carbons (Fsp3) is 0.667. The van der Waals surface area contributed by atoms with Crippen molar-refractivity contribution in [1.82, 2.24) is 15.0 Å². The van der Waals surface area contributed by atoms with Gasteiger partial charge in [0.25, 0.3) is 0 Å². The quantitative estimate of drug-likeness (QED) is 0.641. The van der Waals surface area contributed by atoms with Crippen LogP contribution in [-0.2, 0) is 9.53 Å². The number of esters is 1. The Kier molecular flexibility index (Phi) is 5.40. The molecule has 0 amide bonds. The van der Waals surface area contributed by atoms with Gasteiger partial charge in [0.05, 0.1) is 12.9 Å². The molecule has 0 saturated carbocycles. The van der Waals surface area contributed by atoms with E-state index in [4.69, 9.17) is 0 Å². The average molecular weight is 297 g/mol. The molecule has 0 atom stereocenters. The minimum absolute atomic E-state index is 0.198. The number of carbonyl (C=O) groups excluding carboxylic acids is 1. The van der Waals surface area contributed by atoms with E-state index in [2.05, 4.69) is 29.9 Å². The van der Waals surface area contributed by atoms with Crippen LogP contribution in [0.5, 0.6) is 0 Å². The molecule has 1 N–H and O–H groups in total. The summed E-state index contributed by atoms with van der Waals surface area (Å²) in [7, 11) is 3.14. The fourth-order valence-electron chi connectivity index (χ4n) is 1.94. The lowest BCUT2D eigenvalue weighted by molar-refractivity contribution is -0.137. The maximum absolute atomic E-state index is 11.2. The number of rotatable bonds is 5. The summed E-state index contributed by atoms with van der Waals surface area (Å²) in [6.45, 7) is 1.93. The first kappa shape index (κ1) is 14.8. The molecule has 1 saturated heterocycles. The van der Waals surface area contributed by atoms with E-state index in [0.717, 1.165) is 25.9 Å². The van der Waals surface area contributed by atoms with Gasteiger partial charge in [-0.15, -0.1) is 0 Å². The van der Waals surface area contributed by atoms with Gasteiger partial charge in [0, 0.05) is 20.1 Å². The number of carbonyl (C=O) groups is 1. The number of anilines is 2. The number of thioether (sulfide) groups is 1. The minimum atomic E-state index is -0.291. The lowest BCUT2D eigenvalue weighted by atomic mass is 10.1. The third-order valence-electron chi connectivity index (χ3n) is 3.01. The molecule has 0 bridgehead atoms. The lowest BCUT2D eigenvalue weighted by Crippen LogP contribution is -2.31. The molecule has 7 nitrogen and oxygen atoms in total. The summed E-state index contributed by atoms with van der Waals surface area (Å²) < 4.78 is 4.62. The van der Waals surface area contributed by atoms with Gasteiger partial charge in [0.1, 0.15) is 0 Å². The summed E-state index contributed by atoms with van der Waals surface area (Å²) in [5.74, 6) is 1.11. The minimum Gasteiger partial charge on any atom is -0.468 e. The zero-order chi connectivity index (χ0) is 14.4. The summed E-state index contributed by atoms with van der Waals surface area (Å²) in [5.41, 5.74) is 0. The average Bonchev–Trinajstić information content (AvgIpc) is 2.53. The second-order valence-corrected chi connectivity index (χ2v) is 5.35. The highest BCUT2D eigenvalue weighted by Crippen LogP contribution is 2.21. The molecule has 1 aromatic heterocycles. The van der Waals surface area contributed by atoms with E-state index < -0.39 is 0 Å². The second-order valence-electron chi connectivity index (χ2n) is 4.40. The van der Waals surface area contributed by atoms with Crippen molar-refractivity contribution < 1.29 is 9.53 Å². The molecular weight excluding hydrogens is 278 g/mol. The molecule has 2 heterocycles. The van der Waals surface area contributed by atoms with Gasteiger partial charge < -0.3 is 15.0 Å². The smallest absolute Gasteiger partial charge is 0.316 e. The summed E-state index contributed by atoms with van der Waals surface area (Å²) in [6, 6.07) is 0. The van der Waals surface area contributed by atoms with Crippen molar-refractivity contribution in [3.8, 4) is 0 Å². The van der Waals surface area contributed by atoms with Gasteiger partial charge in [-0.1, -0.05) is 11.8 Å². The summed E-state index contributed by atoms with van der Waals surface area (Å²) in [6.07, 6.45) is 3.57. The molecule has 0 aromatic carbocycles. The van der Waals surface area contributed by atoms with Crippen LogP contribution < -0.4 is 10.2 Å². The zero-order valence-corrected chi connectivity index (χ0v) is 12.6. The number of aromatic nitrogens is 3. The number of ether oxygens (including phenoxy) is 1. The van der Waals surface area contributed by atoms with Gasteiger partial charge in [0.15, 0.2) is 5.16 Å². The highest BCUT2D eigenvalue weighted by Gasteiger charge is 2.16. The summed E-state index contributed by atoms with van der Waals surface area (Å²) >= 11 is 1.26. The van der Waals surface area contributed by atoms with Crippen LogP contribution in [0.4, 0.5) is 11.9 Å². The van der Waals surface area contributed by atoms with Crippen LogP contribution in [0.3, 0.4) is 0 Å². The van der Waals surface area contributed by atoms with Crippen molar-refractivity contribution >= 4 is 29.6 Å². The lowest BCUT2D eigenvalue weighted by Gasteiger charge is -2.26. The van der Waals surface area contributed by atoms with E-state index in [9.17, 15) is 4.79 Å². The zero-order valence-electron chi connectivity index (χ0n) is 11.8. The van der Waals surface area contributed by atoms with E-state index in [1.807, 2.05) is 0 Å². The fourth-order valence-corrected chi connectivity index (χ4v) is 2.60. The van der Waals surface area contributed by atoms with Gasteiger partial charge in [0.2, 0.25) is 11.9 Å². The van der Waals surface area contributed by atoms with Crippen LogP contribution in [0.25, 0.3) is 0 Å². The van der Waals surface area contributed by atoms with Gasteiger partial charge >= 0.3 is 5.97 Å². The molecular formula is C12H19N5O2S. The Balaban J connectivity index is 2.12. The highest BCUT2D eigenvalue weighted by molar-refractivity contribution is 7.99. The molecule has 0 spiro atoms. The molecule has 1 fully saturated rings. The number of hydrogen-bond acceptors (Lipinski definition) is 8. The molecule has 1 aliphatic rings. The van der Waals surface area contributed by atoms with Crippen molar-refractivity contribution in [2.75, 3.05) is 43.2 Å². The maximum Gasteiger partial charge on any atom is 0.316 e. The molecule has 8 heteroatoms. The first-order valence-corrected chi connectivity index (χ1v) is 7.60. The van der Waals surface area contributed by atoms with Crippen LogP contribution in [0.2, 0.25) is 0 Å². The molecule has 1 aromatic rings. The SMILES string of the molecule is CNc1nc(SCC(=O)OC)nc(N2CCCCC2)n1. The molecule has 0 aliphatic carbocycles. The van der Waals surface area contributed by atoms with E-state index >= 15 is 0 Å². The Morgan fingerprint density at radius 3 is 2.70 bits per heavy atom. The monoisotopic (exact) mass is 297 g/mol. The largest absolute Gasteiger partial charge is 0.468 e. The molecule has 20 heavy (non-hydrogen) atoms. The van der Waals surface area contributed by atoms with E-state index in [-0.39, 0.29) is 11.7 Å². The number of hydrogen-bond donors (Lipinski definition) is 1. The van der Waals surface area contributed by atoms with E-state index in [0.29, 0.717) is 17.1 Å². The number of nitrogens with one attached hydrogen (secondary N) is 1. The van der Waals surface area contributed by atoms with E-state index in [1.165, 1.54) is 25.3 Å². The standard InChI is InChI=1S/C12H19N5O2S/c1-13-10-14-11(17-6-4-3-5-7-17)16-12(15-10)20-8-9(18)19-2/h3-8H2,1-2H3,(H,13,14,15,16). The Morgan fingerprint density at radius 2 is 2.05 bits per heavy atom. The van der Waals surface area contributed by atoms with Crippen LogP contribution in [-0.4, -0.2) is 53.9 Å². The molecule has 0 unspecified atom stereocenters. The number of nitrogens with zero attached hydrogens (tertiary/aromatic N) is 4. The Hall–Kier alpha value is -1.57. The van der Waals surface area contributed by atoms with Crippen molar-refractivity contribution in [3.63, 3.8) is 0 Å². The first-order valence-electron chi connectivity index (χ1n) is 6.61. The van der Waals surface area contributed by atoms with Crippen molar-refractivity contribution in [1.29, 1.82) is 0 Å². The van der Waals surface area contributed by atoms with Gasteiger partial charge in [-0.05, 0) is 19.3 Å². The van der Waals surface area contributed by atoms with Crippen LogP contribution in [0.15, 0.2) is 5.16 Å². The summed E-state index contributed by atoms with van der Waals surface area (Å²) in [5, 5.41) is 3.47. The molecule has 1 aliphatic heterocycles. The van der Waals surface area contributed by atoms with Crippen LogP contribution >= 0.6 is 11.8 Å². The molecule has 110 valence electrons. The van der Waals surface area contributed by atoms with Gasteiger partial charge in [-0.25, -0.2) is 0 Å². The highest BCUT2D eigenvalue weighted by atomic mass is 32.2. The van der Waals surface area contributed by atoms with E-state index in [1.54, 1.807) is 7.05 Å². The molecule has 2 rings (SSSR count). The van der Waals surface area contributed by atoms with Crippen molar-refractivity contribution in [3.05, 3.63) is 0 Å². The third-order valence-corrected chi connectivity index (χ3v) is 3.83. The van der Waals surface area contributed by atoms with Crippen LogP contribution in [0, 0.1) is 0 Å². The van der Waals surface area contributed by atoms with Gasteiger partial charge in [-0.3, -0.25) is 4.79 Å². The maximum atomic E-state index is 11.2.